The second-order valence-corrected chi connectivity index (χ2v) is 13.4. The molecule has 9 nitrogen and oxygen atoms in total. The van der Waals surface area contributed by atoms with E-state index < -0.39 is 0 Å². The van der Waals surface area contributed by atoms with Crippen LogP contribution in [0.1, 0.15) is 68.4 Å². The number of carbonyl (C=O) groups excluding carboxylic acids is 2. The number of nitrogens with one attached hydrogen (secondary N) is 2. The van der Waals surface area contributed by atoms with Gasteiger partial charge in [-0.25, -0.2) is 4.98 Å². The second-order valence-electron chi connectivity index (χ2n) is 12.4. The van der Waals surface area contributed by atoms with Gasteiger partial charge in [0.15, 0.2) is 5.82 Å². The third-order valence-electron chi connectivity index (χ3n) is 9.52. The molecule has 1 aliphatic heterocycles. The lowest BCUT2D eigenvalue weighted by atomic mass is 9.99. The predicted octanol–water partition coefficient (Wildman–Crippen LogP) is 5.62. The number of benzene rings is 2. The Balaban J connectivity index is 1.12. The lowest BCUT2D eigenvalue weighted by Gasteiger charge is -2.37. The van der Waals surface area contributed by atoms with Gasteiger partial charge < -0.3 is 20.1 Å². The number of rotatable bonds is 6. The quantitative estimate of drug-likeness (QED) is 0.295. The maximum absolute atomic E-state index is 13.3. The standard InChI is InChI=1S/C34H36N6O3S/c1-19-24(6-5-7-26(19)37-32(41)28-17-25-21-8-9-22(16-21)30(25)44-28)27-18-40(4)34(43)31(36-27)35-23-12-10-20(11-13-23)29-33(42)39(3)15-14-38(29)2/h5-7,10-13,17-18,21-22,29H,8-9,14-16H2,1-4H3,(H,35,36)(H,37,41)/t21-,22-,29+/m0/s1. The number of carbonyl (C=O) groups is 2. The van der Waals surface area contributed by atoms with Crippen LogP contribution >= 0.6 is 11.3 Å². The minimum atomic E-state index is -0.330. The summed E-state index contributed by atoms with van der Waals surface area (Å²) in [5.41, 5.74) is 5.75. The van der Waals surface area contributed by atoms with Gasteiger partial charge in [0.05, 0.1) is 10.6 Å². The molecule has 2 bridgehead atoms. The van der Waals surface area contributed by atoms with Crippen LogP contribution in [0.3, 0.4) is 0 Å². The molecule has 2 aromatic carbocycles. The molecule has 0 unspecified atom stereocenters. The summed E-state index contributed by atoms with van der Waals surface area (Å²) in [6, 6.07) is 15.1. The molecule has 1 saturated carbocycles. The van der Waals surface area contributed by atoms with Gasteiger partial charge in [-0.1, -0.05) is 24.3 Å². The highest BCUT2D eigenvalue weighted by atomic mass is 32.1. The average Bonchev–Trinajstić information content (AvgIpc) is 3.74. The van der Waals surface area contributed by atoms with E-state index in [4.69, 9.17) is 4.98 Å². The Morgan fingerprint density at radius 2 is 1.77 bits per heavy atom. The van der Waals surface area contributed by atoms with Gasteiger partial charge in [0.25, 0.3) is 11.5 Å². The topological polar surface area (TPSA) is 99.6 Å². The van der Waals surface area contributed by atoms with Gasteiger partial charge in [-0.2, -0.15) is 0 Å². The van der Waals surface area contributed by atoms with Gasteiger partial charge in [0, 0.05) is 55.2 Å². The van der Waals surface area contributed by atoms with Gasteiger partial charge in [0.1, 0.15) is 6.04 Å². The molecule has 226 valence electrons. The fourth-order valence-electron chi connectivity index (χ4n) is 6.95. The van der Waals surface area contributed by atoms with Gasteiger partial charge in [-0.3, -0.25) is 19.3 Å². The summed E-state index contributed by atoms with van der Waals surface area (Å²) < 4.78 is 1.51. The number of aromatic nitrogens is 2. The highest BCUT2D eigenvalue weighted by Crippen LogP contribution is 2.56. The van der Waals surface area contributed by atoms with Crippen LogP contribution in [0.5, 0.6) is 0 Å². The lowest BCUT2D eigenvalue weighted by Crippen LogP contribution is -2.48. The zero-order chi connectivity index (χ0) is 30.7. The molecule has 2 amide bonds. The first kappa shape index (κ1) is 28.5. The number of nitrogens with zero attached hydrogens (tertiary/aromatic N) is 4. The average molecular weight is 609 g/mol. The molecule has 7 rings (SSSR count). The monoisotopic (exact) mass is 608 g/mol. The van der Waals surface area contributed by atoms with Crippen molar-refractivity contribution in [2.75, 3.05) is 37.8 Å². The molecule has 3 atom stereocenters. The summed E-state index contributed by atoms with van der Waals surface area (Å²) in [5.74, 6) is 1.44. The fourth-order valence-corrected chi connectivity index (χ4v) is 8.24. The number of amides is 2. The van der Waals surface area contributed by atoms with Gasteiger partial charge in [-0.05, 0) is 86.0 Å². The number of hydrogen-bond donors (Lipinski definition) is 2. The van der Waals surface area contributed by atoms with Crippen LogP contribution in [0.15, 0.2) is 59.5 Å². The highest BCUT2D eigenvalue weighted by molar-refractivity contribution is 7.14. The lowest BCUT2D eigenvalue weighted by molar-refractivity contribution is -0.139. The van der Waals surface area contributed by atoms with Crippen molar-refractivity contribution in [3.8, 4) is 11.3 Å². The van der Waals surface area contributed by atoms with Crippen LogP contribution in [0.4, 0.5) is 17.2 Å². The number of hydrogen-bond acceptors (Lipinski definition) is 7. The summed E-state index contributed by atoms with van der Waals surface area (Å²) >= 11 is 1.64. The number of thiophene rings is 1. The van der Waals surface area contributed by atoms with Crippen molar-refractivity contribution in [3.63, 3.8) is 0 Å². The van der Waals surface area contributed by atoms with E-state index in [-0.39, 0.29) is 29.2 Å². The Hall–Kier alpha value is -4.28. The van der Waals surface area contributed by atoms with Crippen molar-refractivity contribution in [2.45, 2.75) is 44.1 Å². The molecule has 44 heavy (non-hydrogen) atoms. The first-order valence-electron chi connectivity index (χ1n) is 15.1. The number of aryl methyl sites for hydroxylation is 1. The van der Waals surface area contributed by atoms with E-state index in [1.165, 1.54) is 34.3 Å². The molecule has 2 aliphatic carbocycles. The number of fused-ring (bicyclic) bond motifs is 5. The first-order chi connectivity index (χ1) is 21.2. The minimum Gasteiger partial charge on any atom is -0.343 e. The Labute approximate surface area is 260 Å². The van der Waals surface area contributed by atoms with Gasteiger partial charge in [0.2, 0.25) is 5.91 Å². The molecule has 3 aliphatic rings. The Kier molecular flexibility index (Phi) is 7.13. The maximum Gasteiger partial charge on any atom is 0.293 e. The van der Waals surface area contributed by atoms with Gasteiger partial charge in [-0.15, -0.1) is 11.3 Å². The first-order valence-corrected chi connectivity index (χ1v) is 15.9. The largest absolute Gasteiger partial charge is 0.343 e. The van der Waals surface area contributed by atoms with Crippen molar-refractivity contribution in [3.05, 3.63) is 91.5 Å². The molecule has 0 radical (unpaired) electrons. The third kappa shape index (κ3) is 4.92. The second kappa shape index (κ2) is 11.0. The SMILES string of the molecule is Cc1c(NC(=O)c2cc3c(s2)[C@H]2CC[C@H]3C2)cccc1-c1cn(C)c(=O)c(Nc2ccc([C@@H]3C(=O)N(C)CCN3C)cc2)n1. The van der Waals surface area contributed by atoms with Crippen molar-refractivity contribution in [1.29, 1.82) is 0 Å². The van der Waals surface area contributed by atoms with E-state index in [1.54, 1.807) is 29.5 Å². The molecule has 2 fully saturated rings. The summed E-state index contributed by atoms with van der Waals surface area (Å²) in [6.07, 6.45) is 5.44. The molecule has 3 heterocycles. The molecular weight excluding hydrogens is 572 g/mol. The van der Waals surface area contributed by atoms with Crippen LogP contribution in [-0.2, 0) is 11.8 Å². The van der Waals surface area contributed by atoms with Crippen molar-refractivity contribution in [1.82, 2.24) is 19.4 Å². The van der Waals surface area contributed by atoms with E-state index in [1.807, 2.05) is 63.5 Å². The molecule has 0 spiro atoms. The van der Waals surface area contributed by atoms with Gasteiger partial charge >= 0.3 is 0 Å². The Morgan fingerprint density at radius 1 is 1.00 bits per heavy atom. The predicted molar refractivity (Wildman–Crippen MR) is 174 cm³/mol. The zero-order valence-corrected chi connectivity index (χ0v) is 26.2. The normalized spacial score (nSPS) is 21.0. The molecular formula is C34H36N6O3S. The van der Waals surface area contributed by atoms with E-state index in [0.717, 1.165) is 33.8 Å². The number of piperazine rings is 1. The molecule has 4 aromatic rings. The zero-order valence-electron chi connectivity index (χ0n) is 25.4. The minimum absolute atomic E-state index is 0.0717. The van der Waals surface area contributed by atoms with Crippen molar-refractivity contribution < 1.29 is 9.59 Å². The number of likely N-dealkylation sites (N-methyl/N-ethyl adjacent to an activating group) is 2. The van der Waals surface area contributed by atoms with E-state index in [0.29, 0.717) is 29.8 Å². The molecule has 2 N–H and O–H groups in total. The van der Waals surface area contributed by atoms with Crippen LogP contribution in [0.25, 0.3) is 11.3 Å². The summed E-state index contributed by atoms with van der Waals surface area (Å²) in [7, 11) is 5.49. The van der Waals surface area contributed by atoms with Crippen molar-refractivity contribution in [2.24, 2.45) is 7.05 Å². The van der Waals surface area contributed by atoms with Crippen LogP contribution < -0.4 is 16.2 Å². The molecule has 1 saturated heterocycles. The number of anilines is 3. The smallest absolute Gasteiger partial charge is 0.293 e. The fraction of sp³-hybridized carbons (Fsp3) is 0.353. The van der Waals surface area contributed by atoms with Crippen LogP contribution in [0.2, 0.25) is 0 Å². The van der Waals surface area contributed by atoms with Crippen LogP contribution in [0, 0.1) is 6.92 Å². The summed E-state index contributed by atoms with van der Waals surface area (Å²) in [6.45, 7) is 3.47. The summed E-state index contributed by atoms with van der Waals surface area (Å²) in [5, 5.41) is 6.31. The third-order valence-corrected chi connectivity index (χ3v) is 10.8. The highest BCUT2D eigenvalue weighted by Gasteiger charge is 2.39. The molecule has 2 aromatic heterocycles. The summed E-state index contributed by atoms with van der Waals surface area (Å²) in [4.78, 5) is 49.9. The van der Waals surface area contributed by atoms with Crippen LogP contribution in [-0.4, -0.2) is 58.4 Å². The van der Waals surface area contributed by atoms with E-state index >= 15 is 0 Å². The van der Waals surface area contributed by atoms with E-state index in [2.05, 4.69) is 21.6 Å². The Bertz CT molecular complexity index is 1820. The van der Waals surface area contributed by atoms with E-state index in [9.17, 15) is 14.4 Å². The van der Waals surface area contributed by atoms with Crippen molar-refractivity contribution >= 4 is 40.3 Å². The maximum atomic E-state index is 13.3. The molecule has 10 heteroatoms. The Morgan fingerprint density at radius 3 is 2.55 bits per heavy atom.